The zero-order chi connectivity index (χ0) is 14.4. The molecule has 104 valence electrons. The molecule has 0 N–H and O–H groups in total. The summed E-state index contributed by atoms with van der Waals surface area (Å²) in [6.45, 7) is 4.22. The average Bonchev–Trinajstić information content (AvgIpc) is 2.46. The molecule has 0 saturated carbocycles. The lowest BCUT2D eigenvalue weighted by Gasteiger charge is -2.04. The number of hydrogen-bond acceptors (Lipinski definition) is 1. The van der Waals surface area contributed by atoms with Crippen molar-refractivity contribution in [3.8, 4) is 0 Å². The van der Waals surface area contributed by atoms with Crippen LogP contribution in [0.3, 0.4) is 0 Å². The third kappa shape index (κ3) is 4.34. The highest BCUT2D eigenvalue weighted by Crippen LogP contribution is 2.10. The van der Waals surface area contributed by atoms with Crippen molar-refractivity contribution in [1.29, 1.82) is 0 Å². The third-order valence-electron chi connectivity index (χ3n) is 3.61. The molecule has 0 heterocycles. The number of benzene rings is 2. The molecule has 0 unspecified atom stereocenters. The van der Waals surface area contributed by atoms with Gasteiger partial charge in [0.1, 0.15) is 5.78 Å². The first kappa shape index (κ1) is 14.5. The maximum Gasteiger partial charge on any atom is 0.137 e. The van der Waals surface area contributed by atoms with Gasteiger partial charge in [-0.2, -0.15) is 0 Å². The first-order valence-corrected chi connectivity index (χ1v) is 7.32. The number of ketones is 1. The van der Waals surface area contributed by atoms with E-state index < -0.39 is 0 Å². The van der Waals surface area contributed by atoms with E-state index in [1.165, 1.54) is 16.7 Å². The van der Waals surface area contributed by atoms with Crippen molar-refractivity contribution in [3.05, 3.63) is 70.8 Å². The van der Waals surface area contributed by atoms with Gasteiger partial charge in [-0.1, -0.05) is 61.0 Å². The summed E-state index contributed by atoms with van der Waals surface area (Å²) < 4.78 is 0. The highest BCUT2D eigenvalue weighted by molar-refractivity contribution is 5.81. The Labute approximate surface area is 121 Å². The number of carbonyl (C=O) groups is 1. The van der Waals surface area contributed by atoms with Gasteiger partial charge in [0.25, 0.3) is 0 Å². The minimum Gasteiger partial charge on any atom is -0.299 e. The van der Waals surface area contributed by atoms with Gasteiger partial charge in [-0.3, -0.25) is 4.79 Å². The summed E-state index contributed by atoms with van der Waals surface area (Å²) in [6, 6.07) is 16.8. The van der Waals surface area contributed by atoms with Crippen molar-refractivity contribution in [2.45, 2.75) is 39.5 Å². The maximum absolute atomic E-state index is 12.0. The SMILES string of the molecule is CCc1ccc(CC(=O)CCc2cccc(C)c2)cc1. The van der Waals surface area contributed by atoms with Crippen molar-refractivity contribution in [3.63, 3.8) is 0 Å². The lowest BCUT2D eigenvalue weighted by Crippen LogP contribution is -2.04. The number of carbonyl (C=O) groups excluding carboxylic acids is 1. The summed E-state index contributed by atoms with van der Waals surface area (Å²) in [6.07, 6.45) is 3.06. The van der Waals surface area contributed by atoms with Crippen molar-refractivity contribution in [2.24, 2.45) is 0 Å². The molecule has 2 aromatic carbocycles. The van der Waals surface area contributed by atoms with Crippen molar-refractivity contribution in [1.82, 2.24) is 0 Å². The van der Waals surface area contributed by atoms with Crippen molar-refractivity contribution in [2.75, 3.05) is 0 Å². The van der Waals surface area contributed by atoms with Crippen LogP contribution in [0.1, 0.15) is 35.6 Å². The molecule has 0 fully saturated rings. The Hall–Kier alpha value is -1.89. The van der Waals surface area contributed by atoms with E-state index in [1.807, 2.05) is 0 Å². The van der Waals surface area contributed by atoms with E-state index in [4.69, 9.17) is 0 Å². The highest BCUT2D eigenvalue weighted by Gasteiger charge is 2.05. The molecule has 0 atom stereocenters. The molecule has 2 rings (SSSR count). The van der Waals surface area contributed by atoms with E-state index in [1.54, 1.807) is 0 Å². The molecule has 20 heavy (non-hydrogen) atoms. The second kappa shape index (κ2) is 7.04. The first-order valence-electron chi connectivity index (χ1n) is 7.32. The topological polar surface area (TPSA) is 17.1 Å². The predicted molar refractivity (Wildman–Crippen MR) is 84.0 cm³/mol. The van der Waals surface area contributed by atoms with Gasteiger partial charge in [0.05, 0.1) is 0 Å². The van der Waals surface area contributed by atoms with Gasteiger partial charge >= 0.3 is 0 Å². The van der Waals surface area contributed by atoms with Crippen LogP contribution in [-0.2, 0) is 24.1 Å². The molecule has 0 aliphatic carbocycles. The minimum absolute atomic E-state index is 0.316. The van der Waals surface area contributed by atoms with E-state index in [2.05, 4.69) is 62.4 Å². The maximum atomic E-state index is 12.0. The van der Waals surface area contributed by atoms with E-state index in [0.29, 0.717) is 18.6 Å². The molecule has 0 aliphatic heterocycles. The molecule has 0 aromatic heterocycles. The van der Waals surface area contributed by atoms with Gasteiger partial charge in [0.2, 0.25) is 0 Å². The van der Waals surface area contributed by atoms with Crippen LogP contribution in [0.2, 0.25) is 0 Å². The standard InChI is InChI=1S/C19H22O/c1-3-16-7-9-18(10-8-16)14-19(20)12-11-17-6-4-5-15(2)13-17/h4-10,13H,3,11-12,14H2,1-2H3. The summed E-state index contributed by atoms with van der Waals surface area (Å²) in [4.78, 5) is 12.0. The fourth-order valence-electron chi connectivity index (χ4n) is 2.36. The van der Waals surface area contributed by atoms with Gasteiger partial charge in [-0.05, 0) is 36.5 Å². The summed E-state index contributed by atoms with van der Waals surface area (Å²) in [5.74, 6) is 0.316. The van der Waals surface area contributed by atoms with E-state index >= 15 is 0 Å². The largest absolute Gasteiger partial charge is 0.299 e. The van der Waals surface area contributed by atoms with E-state index in [9.17, 15) is 4.79 Å². The molecule has 0 spiro atoms. The molecule has 0 saturated heterocycles. The number of hydrogen-bond donors (Lipinski definition) is 0. The fourth-order valence-corrected chi connectivity index (χ4v) is 2.36. The Balaban J connectivity index is 1.85. The van der Waals surface area contributed by atoms with E-state index in [-0.39, 0.29) is 0 Å². The van der Waals surface area contributed by atoms with Crippen LogP contribution in [0, 0.1) is 6.92 Å². The molecule has 0 amide bonds. The van der Waals surface area contributed by atoms with Crippen LogP contribution in [-0.4, -0.2) is 5.78 Å². The Bertz CT molecular complexity index is 567. The molecule has 0 radical (unpaired) electrons. The Morgan fingerprint density at radius 1 is 0.950 bits per heavy atom. The van der Waals surface area contributed by atoms with Gasteiger partial charge in [-0.25, -0.2) is 0 Å². The quantitative estimate of drug-likeness (QED) is 0.761. The summed E-state index contributed by atoms with van der Waals surface area (Å²) in [5, 5.41) is 0. The Kier molecular flexibility index (Phi) is 5.11. The van der Waals surface area contributed by atoms with E-state index in [0.717, 1.165) is 18.4 Å². The molecule has 1 heteroatoms. The average molecular weight is 266 g/mol. The molecule has 0 aliphatic rings. The van der Waals surface area contributed by atoms with Crippen LogP contribution < -0.4 is 0 Å². The molecule has 0 bridgehead atoms. The monoisotopic (exact) mass is 266 g/mol. The van der Waals surface area contributed by atoms with Crippen LogP contribution in [0.15, 0.2) is 48.5 Å². The lowest BCUT2D eigenvalue weighted by molar-refractivity contribution is -0.118. The Morgan fingerprint density at radius 2 is 1.65 bits per heavy atom. The van der Waals surface area contributed by atoms with Gasteiger partial charge in [-0.15, -0.1) is 0 Å². The normalized spacial score (nSPS) is 10.5. The van der Waals surface area contributed by atoms with Crippen molar-refractivity contribution >= 4 is 5.78 Å². The molecular formula is C19H22O. The van der Waals surface area contributed by atoms with Gasteiger partial charge in [0.15, 0.2) is 0 Å². The summed E-state index contributed by atoms with van der Waals surface area (Å²) in [7, 11) is 0. The first-order chi connectivity index (χ1) is 9.67. The van der Waals surface area contributed by atoms with Crippen LogP contribution in [0.5, 0.6) is 0 Å². The Morgan fingerprint density at radius 3 is 2.30 bits per heavy atom. The highest BCUT2D eigenvalue weighted by atomic mass is 16.1. The summed E-state index contributed by atoms with van der Waals surface area (Å²) >= 11 is 0. The second-order valence-electron chi connectivity index (χ2n) is 5.37. The number of rotatable bonds is 6. The predicted octanol–water partition coefficient (Wildman–Crippen LogP) is 4.30. The lowest BCUT2D eigenvalue weighted by atomic mass is 10.0. The fraction of sp³-hybridized carbons (Fsp3) is 0.316. The van der Waals surface area contributed by atoms with Crippen molar-refractivity contribution < 1.29 is 4.79 Å². The van der Waals surface area contributed by atoms with Gasteiger partial charge in [0, 0.05) is 12.8 Å². The number of aryl methyl sites for hydroxylation is 3. The molecule has 1 nitrogen and oxygen atoms in total. The van der Waals surface area contributed by atoms with Crippen LogP contribution in [0.25, 0.3) is 0 Å². The zero-order valence-electron chi connectivity index (χ0n) is 12.4. The zero-order valence-corrected chi connectivity index (χ0v) is 12.4. The molecule has 2 aromatic rings. The molecular weight excluding hydrogens is 244 g/mol. The van der Waals surface area contributed by atoms with Gasteiger partial charge < -0.3 is 0 Å². The number of Topliss-reactive ketones (excluding diaryl/α,β-unsaturated/α-hetero) is 1. The smallest absolute Gasteiger partial charge is 0.137 e. The van der Waals surface area contributed by atoms with Crippen LogP contribution in [0.4, 0.5) is 0 Å². The third-order valence-corrected chi connectivity index (χ3v) is 3.61. The van der Waals surface area contributed by atoms with Crippen LogP contribution >= 0.6 is 0 Å². The summed E-state index contributed by atoms with van der Waals surface area (Å²) in [5.41, 5.74) is 4.95. The second-order valence-corrected chi connectivity index (χ2v) is 5.37. The minimum atomic E-state index is 0.316.